The van der Waals surface area contributed by atoms with Crippen LogP contribution in [0.3, 0.4) is 0 Å². The van der Waals surface area contributed by atoms with E-state index in [1.807, 2.05) is 39.0 Å². The molecule has 0 fully saturated rings. The van der Waals surface area contributed by atoms with E-state index in [4.69, 9.17) is 10.5 Å². The second-order valence-electron chi connectivity index (χ2n) is 4.93. The zero-order chi connectivity index (χ0) is 15.4. The maximum atomic E-state index is 12.5. The van der Waals surface area contributed by atoms with Crippen LogP contribution in [0.15, 0.2) is 36.4 Å². The van der Waals surface area contributed by atoms with Crippen LogP contribution in [0.25, 0.3) is 0 Å². The van der Waals surface area contributed by atoms with Crippen molar-refractivity contribution in [1.82, 2.24) is 0 Å². The Morgan fingerprint density at radius 1 is 1.24 bits per heavy atom. The van der Waals surface area contributed by atoms with E-state index in [-0.39, 0.29) is 5.91 Å². The summed E-state index contributed by atoms with van der Waals surface area (Å²) in [4.78, 5) is 12.5. The number of hydrogen-bond acceptors (Lipinski definition) is 3. The average molecular weight is 284 g/mol. The highest BCUT2D eigenvalue weighted by atomic mass is 16.5. The van der Waals surface area contributed by atoms with Gasteiger partial charge in [-0.3, -0.25) is 4.79 Å². The van der Waals surface area contributed by atoms with Crippen molar-refractivity contribution in [3.05, 3.63) is 53.1 Å². The Labute approximate surface area is 124 Å². The number of rotatable bonds is 4. The van der Waals surface area contributed by atoms with Gasteiger partial charge in [-0.15, -0.1) is 0 Å². The molecule has 4 heteroatoms. The van der Waals surface area contributed by atoms with E-state index in [0.717, 1.165) is 16.8 Å². The van der Waals surface area contributed by atoms with E-state index >= 15 is 0 Å². The molecular weight excluding hydrogens is 264 g/mol. The van der Waals surface area contributed by atoms with Crippen molar-refractivity contribution in [2.24, 2.45) is 0 Å². The van der Waals surface area contributed by atoms with Gasteiger partial charge in [-0.05, 0) is 50.1 Å². The minimum atomic E-state index is -0.223. The largest absolute Gasteiger partial charge is 0.491 e. The van der Waals surface area contributed by atoms with E-state index in [2.05, 4.69) is 5.32 Å². The Balaban J connectivity index is 2.32. The highest BCUT2D eigenvalue weighted by molar-refractivity contribution is 6.07. The van der Waals surface area contributed by atoms with Gasteiger partial charge in [-0.1, -0.05) is 18.2 Å². The van der Waals surface area contributed by atoms with Gasteiger partial charge in [0.15, 0.2) is 5.75 Å². The van der Waals surface area contributed by atoms with E-state index in [1.165, 1.54) is 0 Å². The molecule has 0 bridgehead atoms. The number of ether oxygens (including phenoxy) is 1. The quantitative estimate of drug-likeness (QED) is 0.844. The third-order valence-electron chi connectivity index (χ3n) is 3.22. The number of carbonyl (C=O) groups is 1. The van der Waals surface area contributed by atoms with Gasteiger partial charge in [0.1, 0.15) is 0 Å². The lowest BCUT2D eigenvalue weighted by Crippen LogP contribution is -2.15. The number of benzene rings is 2. The van der Waals surface area contributed by atoms with Crippen molar-refractivity contribution < 1.29 is 9.53 Å². The first-order valence-corrected chi connectivity index (χ1v) is 6.92. The van der Waals surface area contributed by atoms with Crippen LogP contribution in [0.4, 0.5) is 11.4 Å². The molecule has 2 rings (SSSR count). The van der Waals surface area contributed by atoms with Gasteiger partial charge in [0, 0.05) is 5.69 Å². The Kier molecular flexibility index (Phi) is 4.48. The number of para-hydroxylation sites is 1. The highest BCUT2D eigenvalue weighted by Crippen LogP contribution is 2.27. The molecule has 2 aromatic rings. The van der Waals surface area contributed by atoms with Crippen LogP contribution in [-0.2, 0) is 0 Å². The molecule has 0 aliphatic heterocycles. The second-order valence-corrected chi connectivity index (χ2v) is 4.93. The summed E-state index contributed by atoms with van der Waals surface area (Å²) in [7, 11) is 0. The predicted molar refractivity (Wildman–Crippen MR) is 85.9 cm³/mol. The molecule has 0 heterocycles. The summed E-state index contributed by atoms with van der Waals surface area (Å²) in [6, 6.07) is 11.1. The van der Waals surface area contributed by atoms with Crippen LogP contribution < -0.4 is 15.8 Å². The molecule has 0 atom stereocenters. The van der Waals surface area contributed by atoms with Gasteiger partial charge < -0.3 is 15.8 Å². The van der Waals surface area contributed by atoms with E-state index in [0.29, 0.717) is 23.6 Å². The Bertz CT molecular complexity index is 666. The number of carbonyl (C=O) groups excluding carboxylic acids is 1. The van der Waals surface area contributed by atoms with Crippen LogP contribution in [-0.4, -0.2) is 12.5 Å². The molecule has 110 valence electrons. The van der Waals surface area contributed by atoms with Crippen molar-refractivity contribution in [3.63, 3.8) is 0 Å². The fourth-order valence-corrected chi connectivity index (χ4v) is 2.10. The summed E-state index contributed by atoms with van der Waals surface area (Å²) in [5.41, 5.74) is 9.69. The summed E-state index contributed by atoms with van der Waals surface area (Å²) in [5, 5.41) is 2.92. The van der Waals surface area contributed by atoms with E-state index in [1.54, 1.807) is 18.2 Å². The van der Waals surface area contributed by atoms with Crippen molar-refractivity contribution in [3.8, 4) is 5.75 Å². The topological polar surface area (TPSA) is 64.3 Å². The van der Waals surface area contributed by atoms with Crippen LogP contribution in [0.1, 0.15) is 28.4 Å². The van der Waals surface area contributed by atoms with Gasteiger partial charge >= 0.3 is 0 Å². The second kappa shape index (κ2) is 6.31. The van der Waals surface area contributed by atoms with Gasteiger partial charge in [0.05, 0.1) is 17.9 Å². The fourth-order valence-electron chi connectivity index (χ4n) is 2.10. The van der Waals surface area contributed by atoms with Crippen molar-refractivity contribution in [2.75, 3.05) is 17.7 Å². The molecule has 2 aromatic carbocycles. The van der Waals surface area contributed by atoms with Crippen LogP contribution >= 0.6 is 0 Å². The normalized spacial score (nSPS) is 10.2. The lowest BCUT2D eigenvalue weighted by atomic mass is 10.1. The SMILES string of the molecule is CCOc1c(N)cccc1C(=O)Nc1cc(C)ccc1C. The molecule has 0 saturated carbocycles. The third-order valence-corrected chi connectivity index (χ3v) is 3.22. The molecular formula is C17H20N2O2. The highest BCUT2D eigenvalue weighted by Gasteiger charge is 2.15. The smallest absolute Gasteiger partial charge is 0.259 e. The minimum absolute atomic E-state index is 0.223. The first-order valence-electron chi connectivity index (χ1n) is 6.92. The molecule has 21 heavy (non-hydrogen) atoms. The zero-order valence-corrected chi connectivity index (χ0v) is 12.6. The van der Waals surface area contributed by atoms with Crippen LogP contribution in [0, 0.1) is 13.8 Å². The molecule has 0 aliphatic carbocycles. The Hall–Kier alpha value is -2.49. The van der Waals surface area contributed by atoms with Crippen molar-refractivity contribution >= 4 is 17.3 Å². The molecule has 0 unspecified atom stereocenters. The number of amides is 1. The number of nitrogens with two attached hydrogens (primary N) is 1. The van der Waals surface area contributed by atoms with E-state index in [9.17, 15) is 4.79 Å². The Morgan fingerprint density at radius 2 is 2.00 bits per heavy atom. The molecule has 4 nitrogen and oxygen atoms in total. The number of hydrogen-bond donors (Lipinski definition) is 2. The summed E-state index contributed by atoms with van der Waals surface area (Å²) in [6.07, 6.45) is 0. The van der Waals surface area contributed by atoms with Crippen molar-refractivity contribution in [2.45, 2.75) is 20.8 Å². The molecule has 1 amide bonds. The first kappa shape index (κ1) is 14.9. The third kappa shape index (κ3) is 3.34. The lowest BCUT2D eigenvalue weighted by Gasteiger charge is -2.14. The van der Waals surface area contributed by atoms with Gasteiger partial charge in [-0.25, -0.2) is 0 Å². The van der Waals surface area contributed by atoms with Crippen LogP contribution in [0.5, 0.6) is 5.75 Å². The monoisotopic (exact) mass is 284 g/mol. The molecule has 0 aromatic heterocycles. The van der Waals surface area contributed by atoms with Gasteiger partial charge in [0.2, 0.25) is 0 Å². The number of anilines is 2. The van der Waals surface area contributed by atoms with Gasteiger partial charge in [0.25, 0.3) is 5.91 Å². The molecule has 0 spiro atoms. The molecule has 0 saturated heterocycles. The summed E-state index contributed by atoms with van der Waals surface area (Å²) in [5.74, 6) is 0.210. The maximum absolute atomic E-state index is 12.5. The molecule has 0 aliphatic rings. The van der Waals surface area contributed by atoms with E-state index < -0.39 is 0 Å². The Morgan fingerprint density at radius 3 is 2.71 bits per heavy atom. The summed E-state index contributed by atoms with van der Waals surface area (Å²) >= 11 is 0. The first-order chi connectivity index (χ1) is 10.0. The van der Waals surface area contributed by atoms with Crippen molar-refractivity contribution in [1.29, 1.82) is 0 Å². The number of aryl methyl sites for hydroxylation is 2. The molecule has 3 N–H and O–H groups in total. The number of nitrogen functional groups attached to an aromatic ring is 1. The van der Waals surface area contributed by atoms with Crippen LogP contribution in [0.2, 0.25) is 0 Å². The number of nitrogens with one attached hydrogen (secondary N) is 1. The fraction of sp³-hybridized carbons (Fsp3) is 0.235. The van der Waals surface area contributed by atoms with Gasteiger partial charge in [-0.2, -0.15) is 0 Å². The summed E-state index contributed by atoms with van der Waals surface area (Å²) < 4.78 is 5.49. The minimum Gasteiger partial charge on any atom is -0.491 e. The summed E-state index contributed by atoms with van der Waals surface area (Å²) in [6.45, 7) is 6.26. The zero-order valence-electron chi connectivity index (χ0n) is 12.6. The lowest BCUT2D eigenvalue weighted by molar-refractivity contribution is 0.102. The maximum Gasteiger partial charge on any atom is 0.259 e. The predicted octanol–water partition coefficient (Wildman–Crippen LogP) is 3.54. The average Bonchev–Trinajstić information content (AvgIpc) is 2.45. The standard InChI is InChI=1S/C17H20N2O2/c1-4-21-16-13(6-5-7-14(16)18)17(20)19-15-10-11(2)8-9-12(15)3/h5-10H,4,18H2,1-3H3,(H,19,20). The molecule has 0 radical (unpaired) electrons.